The lowest BCUT2D eigenvalue weighted by Crippen LogP contribution is -2.48. The third-order valence-corrected chi connectivity index (χ3v) is 8.92. The molecule has 1 fully saturated rings. The number of nitrogens with one attached hydrogen (secondary N) is 3. The average Bonchev–Trinajstić information content (AvgIpc) is 3.10. The molecule has 1 rings (SSSR count). The zero-order chi connectivity index (χ0) is 43.1. The summed E-state index contributed by atoms with van der Waals surface area (Å²) in [6.07, 6.45) is -3.22. The summed E-state index contributed by atoms with van der Waals surface area (Å²) in [7, 11) is 0. The second-order valence-corrected chi connectivity index (χ2v) is 13.2. The van der Waals surface area contributed by atoms with E-state index in [0.29, 0.717) is 17.9 Å². The van der Waals surface area contributed by atoms with E-state index in [1.807, 2.05) is 0 Å². The molecule has 11 N–H and O–H groups in total. The average molecular weight is 822 g/mol. The minimum Gasteiger partial charge on any atom is -0.480 e. The molecule has 0 radical (unpaired) electrons. The number of hydrogen-bond donors (Lipinski definition) is 11. The minimum atomic E-state index is -2.01. The molecule has 1 heterocycles. The summed E-state index contributed by atoms with van der Waals surface area (Å²) >= 11 is 0. The molecule has 0 saturated carbocycles. The Morgan fingerprint density at radius 1 is 0.544 bits per heavy atom. The predicted molar refractivity (Wildman–Crippen MR) is 193 cm³/mol. The molecule has 57 heavy (non-hydrogen) atoms. The quantitative estimate of drug-likeness (QED) is 0.0433. The van der Waals surface area contributed by atoms with Crippen molar-refractivity contribution in [2.45, 2.75) is 75.8 Å². The number of carboxylic acids is 6. The summed E-state index contributed by atoms with van der Waals surface area (Å²) in [4.78, 5) is 113. The van der Waals surface area contributed by atoms with Gasteiger partial charge in [-0.1, -0.05) is 0 Å². The Bertz CT molecular complexity index is 1370. The van der Waals surface area contributed by atoms with Crippen molar-refractivity contribution in [1.82, 2.24) is 35.6 Å². The van der Waals surface area contributed by atoms with Gasteiger partial charge in [-0.25, -0.2) is 0 Å². The molecule has 0 aromatic heterocycles. The summed E-state index contributed by atoms with van der Waals surface area (Å²) in [6.45, 7) is -2.18. The van der Waals surface area contributed by atoms with Gasteiger partial charge in [0.25, 0.3) is 0 Å². The van der Waals surface area contributed by atoms with Gasteiger partial charge in [0.05, 0.1) is 32.2 Å². The molecule has 3 atom stereocenters. The van der Waals surface area contributed by atoms with Gasteiger partial charge in [0.15, 0.2) is 6.29 Å². The van der Waals surface area contributed by atoms with Crippen LogP contribution in [0.1, 0.15) is 51.4 Å². The number of carboxylic acid groups (broad SMARTS) is 6. The highest BCUT2D eigenvalue weighted by Gasteiger charge is 2.31. The minimum absolute atomic E-state index is 0.0192. The lowest BCUT2D eigenvalue weighted by Gasteiger charge is -2.31. The van der Waals surface area contributed by atoms with E-state index in [9.17, 15) is 73.8 Å². The summed E-state index contributed by atoms with van der Waals surface area (Å²) in [5.74, 6) is -9.84. The molecule has 0 aromatic carbocycles. The zero-order valence-electron chi connectivity index (χ0n) is 31.5. The highest BCUT2D eigenvalue weighted by Crippen LogP contribution is 2.13. The summed E-state index contributed by atoms with van der Waals surface area (Å²) in [6, 6.07) is -4.10. The number of aliphatic hydroxyl groups is 2. The standard InChI is InChI=1S/C33H55N7O17/c41-24(6-3-21(31(52)53)35-17-27(44)45)37-12-2-13-39(25(42)7-4-22(32(54)55)36-18-28(46)47)16-15-38(11-1-9-34-10-14-37)26(43)8-5-23(33(56)57)40(19-29(48)49)20-30(50)51/h21-23,32,34-36,54-55H,1-20H2,(H,44,45)(H,46,47)(H,48,49)(H,50,51)(H,52,53)(H,56,57)/t21-,22-,23-/m0/s1. The number of carbonyl (C=O) groups is 9. The fourth-order valence-corrected chi connectivity index (χ4v) is 5.98. The van der Waals surface area contributed by atoms with E-state index >= 15 is 0 Å². The first-order valence-electron chi connectivity index (χ1n) is 18.3. The van der Waals surface area contributed by atoms with Gasteiger partial charge in [-0.05, 0) is 38.6 Å². The molecule has 0 aliphatic carbocycles. The van der Waals surface area contributed by atoms with Gasteiger partial charge in [-0.15, -0.1) is 0 Å². The molecular weight excluding hydrogens is 766 g/mol. The largest absolute Gasteiger partial charge is 0.480 e. The van der Waals surface area contributed by atoms with Crippen LogP contribution in [0.25, 0.3) is 0 Å². The summed E-state index contributed by atoms with van der Waals surface area (Å²) in [5, 5.41) is 82.8. The summed E-state index contributed by atoms with van der Waals surface area (Å²) in [5.41, 5.74) is 0. The third-order valence-electron chi connectivity index (χ3n) is 8.92. The Hall–Kier alpha value is -5.01. The predicted octanol–water partition coefficient (Wildman–Crippen LogP) is -4.40. The Kier molecular flexibility index (Phi) is 23.5. The van der Waals surface area contributed by atoms with Crippen molar-refractivity contribution in [1.29, 1.82) is 0 Å². The zero-order valence-corrected chi connectivity index (χ0v) is 31.5. The fourth-order valence-electron chi connectivity index (χ4n) is 5.98. The maximum absolute atomic E-state index is 13.5. The van der Waals surface area contributed by atoms with E-state index in [2.05, 4.69) is 16.0 Å². The van der Waals surface area contributed by atoms with Crippen molar-refractivity contribution < 1.29 is 84.0 Å². The molecule has 0 aromatic rings. The van der Waals surface area contributed by atoms with E-state index < -0.39 is 117 Å². The number of rotatable bonds is 23. The molecule has 24 nitrogen and oxygen atoms in total. The molecular formula is C33H55N7O17. The van der Waals surface area contributed by atoms with Crippen molar-refractivity contribution in [3.63, 3.8) is 0 Å². The van der Waals surface area contributed by atoms with E-state index in [0.717, 1.165) is 0 Å². The first kappa shape index (κ1) is 50.0. The van der Waals surface area contributed by atoms with Crippen molar-refractivity contribution in [3.05, 3.63) is 0 Å². The van der Waals surface area contributed by atoms with Gasteiger partial charge in [0, 0.05) is 65.1 Å². The lowest BCUT2D eigenvalue weighted by atomic mass is 10.1. The molecule has 0 spiro atoms. The Morgan fingerprint density at radius 3 is 1.49 bits per heavy atom. The van der Waals surface area contributed by atoms with Gasteiger partial charge in [0.1, 0.15) is 12.1 Å². The van der Waals surface area contributed by atoms with Crippen LogP contribution in [-0.4, -0.2) is 217 Å². The van der Waals surface area contributed by atoms with Crippen LogP contribution in [0.5, 0.6) is 0 Å². The van der Waals surface area contributed by atoms with Crippen LogP contribution in [0.2, 0.25) is 0 Å². The van der Waals surface area contributed by atoms with Gasteiger partial charge in [0.2, 0.25) is 17.7 Å². The van der Waals surface area contributed by atoms with E-state index in [1.54, 1.807) is 0 Å². The molecule has 324 valence electrons. The number of carbonyl (C=O) groups excluding carboxylic acids is 3. The monoisotopic (exact) mass is 821 g/mol. The van der Waals surface area contributed by atoms with Crippen molar-refractivity contribution in [2.75, 3.05) is 78.5 Å². The van der Waals surface area contributed by atoms with Gasteiger partial charge >= 0.3 is 35.8 Å². The Balaban J connectivity index is 3.22. The van der Waals surface area contributed by atoms with Gasteiger partial charge in [-0.3, -0.25) is 58.7 Å². The first-order valence-corrected chi connectivity index (χ1v) is 18.3. The Labute approximate surface area is 327 Å². The number of aliphatic carboxylic acids is 6. The van der Waals surface area contributed by atoms with E-state index in [1.165, 1.54) is 14.7 Å². The molecule has 1 aliphatic rings. The maximum atomic E-state index is 13.5. The van der Waals surface area contributed by atoms with E-state index in [4.69, 9.17) is 10.2 Å². The number of hydrogen-bond acceptors (Lipinski definition) is 15. The second kappa shape index (κ2) is 26.8. The maximum Gasteiger partial charge on any atom is 0.320 e. The highest BCUT2D eigenvalue weighted by atomic mass is 16.5. The van der Waals surface area contributed by atoms with Crippen LogP contribution in [0, 0.1) is 0 Å². The van der Waals surface area contributed by atoms with Crippen molar-refractivity contribution in [2.24, 2.45) is 0 Å². The molecule has 1 saturated heterocycles. The topological polar surface area (TPSA) is 365 Å². The van der Waals surface area contributed by atoms with Crippen molar-refractivity contribution >= 4 is 53.5 Å². The molecule has 3 amide bonds. The van der Waals surface area contributed by atoms with Crippen LogP contribution in [0.15, 0.2) is 0 Å². The first-order chi connectivity index (χ1) is 26.8. The lowest BCUT2D eigenvalue weighted by molar-refractivity contribution is -0.150. The number of nitrogens with zero attached hydrogens (tertiary/aromatic N) is 4. The van der Waals surface area contributed by atoms with Gasteiger partial charge < -0.3 is 60.9 Å². The molecule has 0 unspecified atom stereocenters. The van der Waals surface area contributed by atoms with Crippen LogP contribution >= 0.6 is 0 Å². The fraction of sp³-hybridized carbons (Fsp3) is 0.727. The van der Waals surface area contributed by atoms with Crippen LogP contribution < -0.4 is 16.0 Å². The van der Waals surface area contributed by atoms with Crippen LogP contribution in [0.4, 0.5) is 0 Å². The number of amides is 3. The summed E-state index contributed by atoms with van der Waals surface area (Å²) < 4.78 is 0. The SMILES string of the molecule is O=C(O)CN[C@@H](CCC(=O)N1CCCN(C(=O)CC[C@H](NCC(=O)O)C(O)O)CCN(C(=O)CC[C@@H](C(=O)O)N(CC(=O)O)CC(=O)O)CCCNCC1)C(=O)O. The van der Waals surface area contributed by atoms with Crippen LogP contribution in [0.3, 0.4) is 0 Å². The second-order valence-electron chi connectivity index (χ2n) is 13.2. The normalized spacial score (nSPS) is 16.3. The molecule has 0 bridgehead atoms. The molecule has 24 heteroatoms. The van der Waals surface area contributed by atoms with Gasteiger partial charge in [-0.2, -0.15) is 0 Å². The number of aliphatic hydroxyl groups excluding tert-OH is 1. The van der Waals surface area contributed by atoms with E-state index in [-0.39, 0.29) is 77.9 Å². The van der Waals surface area contributed by atoms with Crippen molar-refractivity contribution in [3.8, 4) is 0 Å². The Morgan fingerprint density at radius 2 is 1.02 bits per heavy atom. The third kappa shape index (κ3) is 21.2. The highest BCUT2D eigenvalue weighted by molar-refractivity contribution is 5.81. The smallest absolute Gasteiger partial charge is 0.320 e. The molecule has 1 aliphatic heterocycles. The van der Waals surface area contributed by atoms with Crippen LogP contribution in [-0.2, 0) is 43.2 Å².